The third-order valence-electron chi connectivity index (χ3n) is 17.4. The summed E-state index contributed by atoms with van der Waals surface area (Å²) in [5.74, 6) is -16.8. The fourth-order valence-corrected chi connectivity index (χ4v) is 12.2. The molecule has 0 fully saturated rings. The number of esters is 3. The van der Waals surface area contributed by atoms with E-state index < -0.39 is 145 Å². The van der Waals surface area contributed by atoms with E-state index in [1.54, 1.807) is 24.3 Å². The molecule has 2 N–H and O–H groups in total. The lowest BCUT2D eigenvalue weighted by Gasteiger charge is -2.33. The Bertz CT molecular complexity index is 3930. The third-order valence-corrected chi connectivity index (χ3v) is 17.4. The Labute approximate surface area is 616 Å². The van der Waals surface area contributed by atoms with Gasteiger partial charge in [0.25, 0.3) is 0 Å². The molecule has 6 aromatic carbocycles. The number of carbonyl (C=O) groups excluding carboxylic acids is 5. The van der Waals surface area contributed by atoms with Gasteiger partial charge in [0.15, 0.2) is 17.8 Å². The number of amides is 2. The number of rotatable bonds is 18. The maximum absolute atomic E-state index is 13.3. The molecule has 109 heavy (non-hydrogen) atoms. The number of halogens is 18. The van der Waals surface area contributed by atoms with Crippen LogP contribution in [0.15, 0.2) is 146 Å². The van der Waals surface area contributed by atoms with Gasteiger partial charge in [0.1, 0.15) is 49.1 Å². The molecule has 3 aliphatic carbocycles. The summed E-state index contributed by atoms with van der Waals surface area (Å²) in [5.41, 5.74) is 9.84. The Hall–Kier alpha value is -9.56. The minimum Gasteiger partial charge on any atom is -0.480 e. The van der Waals surface area contributed by atoms with Crippen LogP contribution < -0.4 is 5.32 Å². The van der Waals surface area contributed by atoms with E-state index in [-0.39, 0.29) is 37.4 Å². The van der Waals surface area contributed by atoms with Crippen molar-refractivity contribution in [3.63, 3.8) is 0 Å². The van der Waals surface area contributed by atoms with Crippen molar-refractivity contribution in [2.75, 3.05) is 41.0 Å². The van der Waals surface area contributed by atoms with Crippen molar-refractivity contribution in [3.05, 3.63) is 179 Å². The number of ether oxygens (including phenoxy) is 5. The van der Waals surface area contributed by atoms with Gasteiger partial charge in [-0.3, -0.25) is 19.4 Å². The van der Waals surface area contributed by atoms with Crippen molar-refractivity contribution in [2.45, 2.75) is 159 Å². The van der Waals surface area contributed by atoms with E-state index >= 15 is 0 Å². The van der Waals surface area contributed by atoms with E-state index in [2.05, 4.69) is 29.6 Å². The highest BCUT2D eigenvalue weighted by molar-refractivity contribution is 5.84. The van der Waals surface area contributed by atoms with E-state index in [1.165, 1.54) is 70.7 Å². The molecule has 33 heteroatoms. The second-order valence-corrected chi connectivity index (χ2v) is 27.3. The summed E-state index contributed by atoms with van der Waals surface area (Å²) in [6, 6.07) is 39.7. The number of fused-ring (bicyclic) bond motifs is 9. The second kappa shape index (κ2) is 35.9. The number of carboxylic acid groups (broad SMARTS) is 1. The van der Waals surface area contributed by atoms with Gasteiger partial charge in [-0.2, -0.15) is 79.0 Å². The molecule has 2 amide bonds. The quantitative estimate of drug-likeness (QED) is 0.0470. The topological polar surface area (TPSA) is 187 Å². The summed E-state index contributed by atoms with van der Waals surface area (Å²) < 4.78 is 257. The van der Waals surface area contributed by atoms with Gasteiger partial charge in [-0.05, 0) is 135 Å². The normalized spacial score (nSPS) is 14.3. The van der Waals surface area contributed by atoms with Crippen LogP contribution in [-0.4, -0.2) is 158 Å². The number of nitrogens with one attached hydrogen (secondary N) is 1. The number of likely N-dealkylation sites (N-methyl/N-ethyl adjacent to an activating group) is 3. The number of carboxylic acids is 1. The van der Waals surface area contributed by atoms with E-state index in [0.717, 1.165) is 65.7 Å². The van der Waals surface area contributed by atoms with Gasteiger partial charge in [0.2, 0.25) is 0 Å². The standard InChI is InChI=1S/C26H27F6NO4.C22H19F6NO4.C16H14O2.C11H17F6NO2.CH4/c1-24(2,3)37-22(34)20(13-21(25(27,28)29)26(30,31)32)33(4)23(35)36-14-19-17-11-7-5-9-15(17)16-10-6-8-12-18(16)19;1-29(17(19(30)31)10-18(21(23,24)25)22(26,27)28)20(32)33-11-16-14-8-4-2-6-12(14)13-7-3-5-9-15(13)16;1-11(17)18-10-16-14-8-4-2-6-12(14)13-7-3-5-9-15(13)16;1-9(2,3)20-8(19)6(18-4)5-7(10(12,13)14)11(15,16)17;/h5-12,19-21H,13-14H2,1-4H3;2-9,16-18H,10-11H2,1H3,(H,30,31);2-9,16H,10H2,1H3;6-7,18H,5H2,1-4H3;1H4/t20-;17-;;6-;/m00.0./s1. The Morgan fingerprint density at radius 3 is 0.853 bits per heavy atom. The van der Waals surface area contributed by atoms with Gasteiger partial charge < -0.3 is 34.1 Å². The Kier molecular flexibility index (Phi) is 29.6. The largest absolute Gasteiger partial charge is 0.480 e. The van der Waals surface area contributed by atoms with Crippen LogP contribution in [-0.2, 0) is 42.9 Å². The molecule has 3 atom stereocenters. The predicted octanol–water partition coefficient (Wildman–Crippen LogP) is 19.2. The molecule has 6 aromatic rings. The maximum atomic E-state index is 13.3. The lowest BCUT2D eigenvalue weighted by Crippen LogP contribution is -2.50. The second-order valence-electron chi connectivity index (χ2n) is 27.3. The van der Waals surface area contributed by atoms with Crippen LogP contribution in [0.25, 0.3) is 33.4 Å². The van der Waals surface area contributed by atoms with Crippen LogP contribution in [0.4, 0.5) is 88.6 Å². The van der Waals surface area contributed by atoms with E-state index in [4.69, 9.17) is 23.7 Å². The van der Waals surface area contributed by atoms with Gasteiger partial charge >= 0.3 is 73.1 Å². The third kappa shape index (κ3) is 24.0. The van der Waals surface area contributed by atoms with Gasteiger partial charge in [-0.15, -0.1) is 0 Å². The molecule has 598 valence electrons. The molecule has 0 saturated carbocycles. The van der Waals surface area contributed by atoms with Crippen molar-refractivity contribution < 1.29 is 137 Å². The van der Waals surface area contributed by atoms with Crippen molar-refractivity contribution in [1.29, 1.82) is 0 Å². The molecule has 0 aromatic heterocycles. The highest BCUT2D eigenvalue weighted by atomic mass is 19.4. The first-order chi connectivity index (χ1) is 49.8. The molecule has 0 aliphatic heterocycles. The Morgan fingerprint density at radius 2 is 0.615 bits per heavy atom. The number of nitrogens with zero attached hydrogens (tertiary/aromatic N) is 2. The number of hydrogen-bond acceptors (Lipinski definition) is 12. The van der Waals surface area contributed by atoms with Crippen LogP contribution in [0.2, 0.25) is 0 Å². The summed E-state index contributed by atoms with van der Waals surface area (Å²) in [7, 11) is 2.80. The van der Waals surface area contributed by atoms with Crippen LogP contribution in [0.3, 0.4) is 0 Å². The van der Waals surface area contributed by atoms with Crippen LogP contribution >= 0.6 is 0 Å². The zero-order valence-electron chi connectivity index (χ0n) is 59.4. The number of hydrogen-bond donors (Lipinski definition) is 2. The summed E-state index contributed by atoms with van der Waals surface area (Å²) in [6.07, 6.45) is -41.5. The van der Waals surface area contributed by atoms with Gasteiger partial charge in [-0.25, -0.2) is 19.2 Å². The Morgan fingerprint density at radius 1 is 0.385 bits per heavy atom. The summed E-state index contributed by atoms with van der Waals surface area (Å²) in [4.78, 5) is 72.6. The summed E-state index contributed by atoms with van der Waals surface area (Å²) in [6.45, 7) is 9.95. The van der Waals surface area contributed by atoms with Crippen LogP contribution in [0.5, 0.6) is 0 Å². The van der Waals surface area contributed by atoms with E-state index in [0.29, 0.717) is 11.5 Å². The van der Waals surface area contributed by atoms with Crippen molar-refractivity contribution >= 4 is 36.1 Å². The van der Waals surface area contributed by atoms with Gasteiger partial charge in [0, 0.05) is 38.8 Å². The first kappa shape index (κ1) is 90.1. The minimum absolute atomic E-state index is 0. The van der Waals surface area contributed by atoms with Crippen molar-refractivity contribution in [3.8, 4) is 33.4 Å². The first-order valence-corrected chi connectivity index (χ1v) is 33.0. The highest BCUT2D eigenvalue weighted by Crippen LogP contribution is 2.50. The minimum atomic E-state index is -5.73. The SMILES string of the molecule is C.CC(=O)OCC1c2ccccc2-c2ccccc21.CN(C(=O)OCC1c2ccccc2-c2ccccc21)[C@@H](CC(C(F)(F)F)C(F)(F)F)C(=O)O.CN(C(=O)OCC1c2ccccc2-c2ccccc21)[C@@H](CC(C(F)(F)F)C(F)(F)F)C(=O)OC(C)(C)C.CN[C@@H](CC(C(F)(F)F)C(F)(F)F)C(=O)OC(C)(C)C. The molecule has 15 nitrogen and oxygen atoms in total. The van der Waals surface area contributed by atoms with Crippen LogP contribution in [0.1, 0.15) is 126 Å². The zero-order valence-corrected chi connectivity index (χ0v) is 59.4. The monoisotopic (exact) mass is 1570 g/mol. The molecule has 0 spiro atoms. The predicted molar refractivity (Wildman–Crippen MR) is 363 cm³/mol. The molecule has 0 radical (unpaired) electrons. The van der Waals surface area contributed by atoms with Crippen molar-refractivity contribution in [2.24, 2.45) is 17.8 Å². The average molecular weight is 1570 g/mol. The molecule has 0 unspecified atom stereocenters. The van der Waals surface area contributed by atoms with E-state index in [1.807, 2.05) is 97.1 Å². The van der Waals surface area contributed by atoms with Crippen LogP contribution in [0, 0.1) is 17.8 Å². The molecular weight excluding hydrogens is 1490 g/mol. The molecule has 3 aliphatic rings. The molecule has 0 heterocycles. The highest BCUT2D eigenvalue weighted by Gasteiger charge is 2.61. The number of alkyl halides is 18. The molecule has 9 rings (SSSR count). The maximum Gasteiger partial charge on any atom is 0.410 e. The van der Waals surface area contributed by atoms with Gasteiger partial charge in [-0.1, -0.05) is 153 Å². The van der Waals surface area contributed by atoms with E-state index in [9.17, 15) is 113 Å². The Balaban J connectivity index is 0.000000270. The van der Waals surface area contributed by atoms with Crippen molar-refractivity contribution in [1.82, 2.24) is 15.1 Å². The summed E-state index contributed by atoms with van der Waals surface area (Å²) >= 11 is 0. The molecule has 0 bridgehead atoms. The fraction of sp³-hybridized carbons (Fsp3) is 0.447. The average Bonchev–Trinajstić information content (AvgIpc) is 1.64. The fourth-order valence-electron chi connectivity index (χ4n) is 12.2. The number of carbonyl (C=O) groups is 6. The lowest BCUT2D eigenvalue weighted by molar-refractivity contribution is -0.289. The van der Waals surface area contributed by atoms with Gasteiger partial charge in [0.05, 0.1) is 0 Å². The number of aliphatic carboxylic acids is 1. The molecule has 0 saturated heterocycles. The summed E-state index contributed by atoms with van der Waals surface area (Å²) in [5, 5.41) is 11.4. The first-order valence-electron chi connectivity index (χ1n) is 33.0. The lowest BCUT2D eigenvalue weighted by atomic mass is 9.97. The zero-order chi connectivity index (χ0) is 81.2. The molecular formula is C76H81F18N3O12. The smallest absolute Gasteiger partial charge is 0.410 e. The number of benzene rings is 6.